The minimum absolute atomic E-state index is 0.468. The molecule has 0 N–H and O–H groups in total. The average Bonchev–Trinajstić information content (AvgIpc) is 3.67. The first kappa shape index (κ1) is 28.1. The third-order valence-electron chi connectivity index (χ3n) is 8.81. The summed E-state index contributed by atoms with van der Waals surface area (Å²) in [6.45, 7) is 11.2. The van der Waals surface area contributed by atoms with Crippen LogP contribution in [0.3, 0.4) is 0 Å². The normalized spacial score (nSPS) is 26.0. The highest BCUT2D eigenvalue weighted by Gasteiger charge is 2.45. The highest BCUT2D eigenvalue weighted by Crippen LogP contribution is 2.49. The van der Waals surface area contributed by atoms with E-state index in [1.165, 1.54) is 141 Å². The molecule has 5 rings (SSSR count). The minimum Gasteiger partial charge on any atom is -0.497 e. The average molecular weight is 547 g/mol. The Morgan fingerprint density at radius 2 is 1.46 bits per heavy atom. The van der Waals surface area contributed by atoms with Crippen LogP contribution in [0.4, 0.5) is 0 Å². The zero-order chi connectivity index (χ0) is 25.3. The van der Waals surface area contributed by atoms with Crippen LogP contribution in [0.2, 0.25) is 0 Å². The molecule has 0 atom stereocenters. The smallest absolute Gasteiger partial charge is 0.120 e. The standard InChI is InChI=1S/C30H50N4OS2/c1-35-28-13-8-14-29(23-28)36-33-21-9-17-31(24-27-11-4-2-5-12-27)18-10-22-34(26-30(25-33)15-16-30)37-32-19-6-3-7-20-32/h8,13-14,23,27H,2-7,9-12,15-22,24-26H2,1H3. The van der Waals surface area contributed by atoms with E-state index in [1.807, 2.05) is 11.9 Å². The summed E-state index contributed by atoms with van der Waals surface area (Å²) in [5.74, 6) is 1.89. The zero-order valence-electron chi connectivity index (χ0n) is 23.2. The summed E-state index contributed by atoms with van der Waals surface area (Å²) < 4.78 is 13.7. The van der Waals surface area contributed by atoms with Gasteiger partial charge < -0.3 is 9.64 Å². The van der Waals surface area contributed by atoms with Crippen LogP contribution < -0.4 is 4.74 Å². The molecular weight excluding hydrogens is 496 g/mol. The Kier molecular flexibility index (Phi) is 10.8. The number of hydrogen-bond acceptors (Lipinski definition) is 7. The van der Waals surface area contributed by atoms with E-state index in [4.69, 9.17) is 4.74 Å². The Balaban J connectivity index is 1.27. The van der Waals surface area contributed by atoms with Crippen LogP contribution in [0.1, 0.15) is 77.0 Å². The second kappa shape index (κ2) is 14.3. The Labute approximate surface area is 235 Å². The Morgan fingerprint density at radius 3 is 2.19 bits per heavy atom. The van der Waals surface area contributed by atoms with Gasteiger partial charge in [-0.15, -0.1) is 0 Å². The lowest BCUT2D eigenvalue weighted by molar-refractivity contribution is 0.180. The molecule has 5 nitrogen and oxygen atoms in total. The summed E-state index contributed by atoms with van der Waals surface area (Å²) in [4.78, 5) is 4.14. The second-order valence-corrected chi connectivity index (χ2v) is 14.4. The quantitative estimate of drug-likeness (QED) is 0.346. The lowest BCUT2D eigenvalue weighted by Crippen LogP contribution is -2.40. The number of ether oxygens (including phenoxy) is 1. The predicted octanol–water partition coefficient (Wildman–Crippen LogP) is 6.81. The Bertz CT molecular complexity index is 811. The van der Waals surface area contributed by atoms with Gasteiger partial charge in [-0.25, -0.2) is 12.9 Å². The summed E-state index contributed by atoms with van der Waals surface area (Å²) in [6, 6.07) is 8.64. The van der Waals surface area contributed by atoms with E-state index in [0.29, 0.717) is 5.41 Å². The molecule has 1 aromatic carbocycles. The molecule has 4 aliphatic rings. The van der Waals surface area contributed by atoms with Crippen LogP contribution in [0, 0.1) is 11.3 Å². The monoisotopic (exact) mass is 546 g/mol. The number of piperidine rings is 1. The van der Waals surface area contributed by atoms with Gasteiger partial charge in [0.15, 0.2) is 0 Å². The molecule has 0 unspecified atom stereocenters. The highest BCUT2D eigenvalue weighted by atomic mass is 32.2. The maximum absolute atomic E-state index is 5.53. The SMILES string of the molecule is COc1cccc(SN2CCCN(CC3CCCCC3)CCCN(SN3CCCCC3)CC3(CC3)C2)c1. The van der Waals surface area contributed by atoms with Crippen molar-refractivity contribution in [2.45, 2.75) is 81.9 Å². The van der Waals surface area contributed by atoms with Crippen molar-refractivity contribution in [1.29, 1.82) is 0 Å². The third kappa shape index (κ3) is 9.04. The van der Waals surface area contributed by atoms with Crippen LogP contribution in [0.15, 0.2) is 29.2 Å². The highest BCUT2D eigenvalue weighted by molar-refractivity contribution is 7.97. The number of nitrogens with zero attached hydrogens (tertiary/aromatic N) is 4. The van der Waals surface area contributed by atoms with Gasteiger partial charge in [0.05, 0.1) is 7.11 Å². The van der Waals surface area contributed by atoms with Crippen LogP contribution >= 0.6 is 24.1 Å². The summed E-state index contributed by atoms with van der Waals surface area (Å²) in [5.41, 5.74) is 0.468. The van der Waals surface area contributed by atoms with Crippen molar-refractivity contribution in [1.82, 2.24) is 17.8 Å². The molecule has 1 spiro atoms. The second-order valence-electron chi connectivity index (χ2n) is 12.1. The van der Waals surface area contributed by atoms with Crippen molar-refractivity contribution in [3.8, 4) is 5.75 Å². The molecule has 4 fully saturated rings. The predicted molar refractivity (Wildman–Crippen MR) is 159 cm³/mol. The van der Waals surface area contributed by atoms with Crippen LogP contribution in [0.25, 0.3) is 0 Å². The van der Waals surface area contributed by atoms with E-state index < -0.39 is 0 Å². The topological polar surface area (TPSA) is 22.2 Å². The molecule has 0 radical (unpaired) electrons. The van der Waals surface area contributed by atoms with Crippen molar-refractivity contribution < 1.29 is 4.74 Å². The molecule has 2 aliphatic heterocycles. The van der Waals surface area contributed by atoms with Gasteiger partial charge in [0.2, 0.25) is 0 Å². The van der Waals surface area contributed by atoms with E-state index >= 15 is 0 Å². The van der Waals surface area contributed by atoms with Gasteiger partial charge in [-0.05, 0) is 106 Å². The summed E-state index contributed by atoms with van der Waals surface area (Å²) in [6.07, 6.45) is 16.8. The molecule has 37 heavy (non-hydrogen) atoms. The van der Waals surface area contributed by atoms with Gasteiger partial charge in [0.25, 0.3) is 0 Å². The van der Waals surface area contributed by atoms with Crippen molar-refractivity contribution in [3.63, 3.8) is 0 Å². The maximum Gasteiger partial charge on any atom is 0.120 e. The first-order valence-corrected chi connectivity index (χ1v) is 16.7. The van der Waals surface area contributed by atoms with Gasteiger partial charge >= 0.3 is 0 Å². The van der Waals surface area contributed by atoms with Crippen LogP contribution in [0.5, 0.6) is 5.75 Å². The van der Waals surface area contributed by atoms with E-state index in [9.17, 15) is 0 Å². The van der Waals surface area contributed by atoms with Gasteiger partial charge in [0.1, 0.15) is 5.75 Å². The van der Waals surface area contributed by atoms with E-state index in [0.717, 1.165) is 11.7 Å². The molecule has 2 aliphatic carbocycles. The van der Waals surface area contributed by atoms with Crippen LogP contribution in [-0.2, 0) is 0 Å². The first-order valence-electron chi connectivity index (χ1n) is 15.2. The lowest BCUT2D eigenvalue weighted by Gasteiger charge is -2.36. The zero-order valence-corrected chi connectivity index (χ0v) is 24.9. The fourth-order valence-electron chi connectivity index (χ4n) is 6.48. The van der Waals surface area contributed by atoms with Crippen molar-refractivity contribution >= 4 is 24.1 Å². The molecule has 0 amide bonds. The molecule has 208 valence electrons. The van der Waals surface area contributed by atoms with Gasteiger partial charge in [-0.1, -0.05) is 31.7 Å². The molecule has 2 saturated heterocycles. The fraction of sp³-hybridized carbons (Fsp3) is 0.800. The van der Waals surface area contributed by atoms with Gasteiger partial charge in [-0.2, -0.15) is 0 Å². The van der Waals surface area contributed by atoms with Crippen molar-refractivity contribution in [2.24, 2.45) is 11.3 Å². The molecule has 0 aromatic heterocycles. The number of benzene rings is 1. The van der Waals surface area contributed by atoms with Gasteiger partial charge in [-0.3, -0.25) is 0 Å². The lowest BCUT2D eigenvalue weighted by atomic mass is 9.89. The third-order valence-corrected chi connectivity index (χ3v) is 11.0. The molecule has 2 heterocycles. The fourth-order valence-corrected chi connectivity index (χ4v) is 8.94. The summed E-state index contributed by atoms with van der Waals surface area (Å²) in [5, 5.41) is 0. The molecule has 2 saturated carbocycles. The summed E-state index contributed by atoms with van der Waals surface area (Å²) >= 11 is 4.05. The van der Waals surface area contributed by atoms with E-state index in [1.54, 1.807) is 7.11 Å². The van der Waals surface area contributed by atoms with Crippen molar-refractivity contribution in [2.75, 3.05) is 66.0 Å². The Morgan fingerprint density at radius 1 is 0.784 bits per heavy atom. The summed E-state index contributed by atoms with van der Waals surface area (Å²) in [7, 11) is 1.77. The molecule has 0 bridgehead atoms. The number of hydrogen-bond donors (Lipinski definition) is 0. The number of methoxy groups -OCH3 is 1. The van der Waals surface area contributed by atoms with E-state index in [2.05, 4.69) is 54.2 Å². The molecule has 7 heteroatoms. The largest absolute Gasteiger partial charge is 0.497 e. The first-order chi connectivity index (χ1) is 18.2. The maximum atomic E-state index is 5.53. The van der Waals surface area contributed by atoms with Crippen LogP contribution in [-0.4, -0.2) is 83.8 Å². The minimum atomic E-state index is 0.468. The number of rotatable bonds is 7. The van der Waals surface area contributed by atoms with Gasteiger partial charge in [0, 0.05) is 62.8 Å². The Hall–Kier alpha value is -0.440. The van der Waals surface area contributed by atoms with Crippen molar-refractivity contribution in [3.05, 3.63) is 24.3 Å². The molecular formula is C30H50N4OS2. The molecule has 1 aromatic rings. The van der Waals surface area contributed by atoms with E-state index in [-0.39, 0.29) is 0 Å².